The Kier molecular flexibility index (Phi) is 3.48. The van der Waals surface area contributed by atoms with E-state index in [9.17, 15) is 9.90 Å². The Morgan fingerprint density at radius 1 is 1.41 bits per heavy atom. The number of carboxylic acids is 1. The summed E-state index contributed by atoms with van der Waals surface area (Å²) in [5.74, 6) is 0.218. The maximum atomic E-state index is 11.3. The molecule has 1 aliphatic heterocycles. The number of nitrogens with zero attached hydrogens (tertiary/aromatic N) is 1. The van der Waals surface area contributed by atoms with Crippen molar-refractivity contribution in [3.8, 4) is 22.6 Å². The molecule has 0 radical (unpaired) electrons. The molecule has 3 rings (SSSR count). The van der Waals surface area contributed by atoms with E-state index in [4.69, 9.17) is 9.47 Å². The fraction of sp³-hybridized carbons (Fsp3) is 0.294. The summed E-state index contributed by atoms with van der Waals surface area (Å²) in [6, 6.07) is 7.53. The van der Waals surface area contributed by atoms with Crippen LogP contribution in [0.1, 0.15) is 19.4 Å². The third kappa shape index (κ3) is 2.62. The predicted octanol–water partition coefficient (Wildman–Crippen LogP) is 2.93. The third-order valence-corrected chi connectivity index (χ3v) is 3.64. The Labute approximate surface area is 128 Å². The Morgan fingerprint density at radius 3 is 2.91 bits per heavy atom. The molecule has 114 valence electrons. The van der Waals surface area contributed by atoms with Crippen molar-refractivity contribution >= 4 is 5.97 Å². The number of aliphatic carboxylic acids is 1. The van der Waals surface area contributed by atoms with E-state index in [1.165, 1.54) is 13.8 Å². The molecule has 0 saturated carbocycles. The summed E-state index contributed by atoms with van der Waals surface area (Å²) in [7, 11) is 0. The molecule has 0 amide bonds. The molecule has 1 aliphatic rings. The van der Waals surface area contributed by atoms with E-state index in [1.54, 1.807) is 18.5 Å². The first-order valence-electron chi connectivity index (χ1n) is 7.10. The van der Waals surface area contributed by atoms with E-state index in [-0.39, 0.29) is 0 Å². The van der Waals surface area contributed by atoms with Crippen LogP contribution in [0.2, 0.25) is 0 Å². The largest absolute Gasteiger partial charge is 0.493 e. The van der Waals surface area contributed by atoms with Crippen molar-refractivity contribution in [3.63, 3.8) is 0 Å². The first kappa shape index (κ1) is 14.4. The lowest BCUT2D eigenvalue weighted by Gasteiger charge is -2.24. The number of rotatable bonds is 4. The topological polar surface area (TPSA) is 68.7 Å². The zero-order valence-corrected chi connectivity index (χ0v) is 12.5. The van der Waals surface area contributed by atoms with E-state index in [1.807, 2.05) is 18.2 Å². The smallest absolute Gasteiger partial charge is 0.347 e. The van der Waals surface area contributed by atoms with Crippen LogP contribution in [0.25, 0.3) is 11.1 Å². The van der Waals surface area contributed by atoms with Gasteiger partial charge in [0.15, 0.2) is 5.60 Å². The normalized spacial score (nSPS) is 13.4. The van der Waals surface area contributed by atoms with Crippen molar-refractivity contribution in [1.82, 2.24) is 4.98 Å². The maximum Gasteiger partial charge on any atom is 0.347 e. The van der Waals surface area contributed by atoms with Crippen LogP contribution in [0.3, 0.4) is 0 Å². The van der Waals surface area contributed by atoms with Gasteiger partial charge in [0.2, 0.25) is 0 Å². The molecule has 0 spiro atoms. The second-order valence-corrected chi connectivity index (χ2v) is 5.71. The first-order chi connectivity index (χ1) is 10.5. The average molecular weight is 299 g/mol. The highest BCUT2D eigenvalue weighted by Crippen LogP contribution is 2.39. The summed E-state index contributed by atoms with van der Waals surface area (Å²) in [6.07, 6.45) is 4.27. The van der Waals surface area contributed by atoms with Crippen molar-refractivity contribution in [2.45, 2.75) is 25.9 Å². The number of carbonyl (C=O) groups is 1. The van der Waals surface area contributed by atoms with Crippen LogP contribution in [0, 0.1) is 0 Å². The quantitative estimate of drug-likeness (QED) is 0.940. The molecule has 5 nitrogen and oxygen atoms in total. The molecule has 0 bridgehead atoms. The molecule has 5 heteroatoms. The van der Waals surface area contributed by atoms with Crippen LogP contribution < -0.4 is 9.47 Å². The van der Waals surface area contributed by atoms with Gasteiger partial charge in [0.1, 0.15) is 11.5 Å². The summed E-state index contributed by atoms with van der Waals surface area (Å²) < 4.78 is 11.3. The Balaban J connectivity index is 2.10. The van der Waals surface area contributed by atoms with Gasteiger partial charge in [-0.2, -0.15) is 0 Å². The van der Waals surface area contributed by atoms with Crippen molar-refractivity contribution in [2.24, 2.45) is 0 Å². The third-order valence-electron chi connectivity index (χ3n) is 3.64. The Bertz CT molecular complexity index is 710. The summed E-state index contributed by atoms with van der Waals surface area (Å²) in [5, 5.41) is 9.29. The van der Waals surface area contributed by atoms with Gasteiger partial charge in [-0.1, -0.05) is 6.07 Å². The van der Waals surface area contributed by atoms with E-state index in [0.29, 0.717) is 12.4 Å². The number of benzene rings is 1. The van der Waals surface area contributed by atoms with Crippen molar-refractivity contribution in [1.29, 1.82) is 0 Å². The fourth-order valence-corrected chi connectivity index (χ4v) is 2.36. The van der Waals surface area contributed by atoms with Crippen LogP contribution in [0.4, 0.5) is 0 Å². The molecule has 2 heterocycles. The zero-order valence-electron chi connectivity index (χ0n) is 12.5. The molecular formula is C17H17NO4. The van der Waals surface area contributed by atoms with Crippen LogP contribution in [0.5, 0.6) is 11.5 Å². The number of pyridine rings is 1. The second kappa shape index (κ2) is 5.33. The fourth-order valence-electron chi connectivity index (χ4n) is 2.36. The molecule has 22 heavy (non-hydrogen) atoms. The van der Waals surface area contributed by atoms with Gasteiger partial charge in [0.05, 0.1) is 6.61 Å². The highest BCUT2D eigenvalue weighted by Gasteiger charge is 2.31. The van der Waals surface area contributed by atoms with Crippen LogP contribution in [-0.2, 0) is 11.2 Å². The lowest BCUT2D eigenvalue weighted by atomic mass is 10.0. The molecule has 0 atom stereocenters. The summed E-state index contributed by atoms with van der Waals surface area (Å²) >= 11 is 0. The lowest BCUT2D eigenvalue weighted by molar-refractivity contribution is -0.152. The van der Waals surface area contributed by atoms with Gasteiger partial charge in [-0.15, -0.1) is 0 Å². The number of fused-ring (bicyclic) bond motifs is 1. The lowest BCUT2D eigenvalue weighted by Crippen LogP contribution is -2.38. The van der Waals surface area contributed by atoms with Gasteiger partial charge in [0.25, 0.3) is 0 Å². The number of aromatic nitrogens is 1. The summed E-state index contributed by atoms with van der Waals surface area (Å²) in [6.45, 7) is 3.68. The van der Waals surface area contributed by atoms with Gasteiger partial charge in [-0.05, 0) is 31.5 Å². The minimum atomic E-state index is -1.33. The molecule has 0 saturated heterocycles. The molecule has 1 N–H and O–H groups in total. The Hall–Kier alpha value is -2.56. The molecule has 0 fully saturated rings. The van der Waals surface area contributed by atoms with Gasteiger partial charge in [0, 0.05) is 36.0 Å². The first-order valence-corrected chi connectivity index (χ1v) is 7.10. The van der Waals surface area contributed by atoms with Crippen molar-refractivity contribution in [2.75, 3.05) is 6.61 Å². The van der Waals surface area contributed by atoms with Gasteiger partial charge < -0.3 is 14.6 Å². The van der Waals surface area contributed by atoms with Crippen molar-refractivity contribution < 1.29 is 19.4 Å². The molecule has 2 aromatic rings. The molecule has 0 aliphatic carbocycles. The predicted molar refractivity (Wildman–Crippen MR) is 81.2 cm³/mol. The highest BCUT2D eigenvalue weighted by molar-refractivity contribution is 5.78. The van der Waals surface area contributed by atoms with Gasteiger partial charge in [-0.3, -0.25) is 4.98 Å². The monoisotopic (exact) mass is 299 g/mol. The maximum absolute atomic E-state index is 11.3. The van der Waals surface area contributed by atoms with Crippen LogP contribution in [-0.4, -0.2) is 28.3 Å². The molecule has 1 aromatic heterocycles. The van der Waals surface area contributed by atoms with E-state index in [0.717, 1.165) is 28.9 Å². The SMILES string of the molecule is CC(C)(Oc1cc2c(cc1-c1cccnc1)CCO2)C(=O)O. The summed E-state index contributed by atoms with van der Waals surface area (Å²) in [4.78, 5) is 15.5. The number of ether oxygens (including phenoxy) is 2. The number of hydrogen-bond donors (Lipinski definition) is 1. The van der Waals surface area contributed by atoms with E-state index in [2.05, 4.69) is 4.98 Å². The molecule has 1 aromatic carbocycles. The van der Waals surface area contributed by atoms with Gasteiger partial charge >= 0.3 is 5.97 Å². The second-order valence-electron chi connectivity index (χ2n) is 5.71. The molecular weight excluding hydrogens is 282 g/mol. The zero-order chi connectivity index (χ0) is 15.7. The van der Waals surface area contributed by atoms with E-state index < -0.39 is 11.6 Å². The average Bonchev–Trinajstić information content (AvgIpc) is 2.94. The molecule has 0 unspecified atom stereocenters. The van der Waals surface area contributed by atoms with Gasteiger partial charge in [-0.25, -0.2) is 4.79 Å². The highest BCUT2D eigenvalue weighted by atomic mass is 16.5. The number of hydrogen-bond acceptors (Lipinski definition) is 4. The van der Waals surface area contributed by atoms with Crippen LogP contribution in [0.15, 0.2) is 36.7 Å². The standard InChI is InChI=1S/C17H17NO4/c1-17(2,16(19)20)22-15-9-14-11(5-7-21-14)8-13(15)12-4-3-6-18-10-12/h3-4,6,8-10H,5,7H2,1-2H3,(H,19,20). The van der Waals surface area contributed by atoms with Crippen molar-refractivity contribution in [3.05, 3.63) is 42.2 Å². The summed E-state index contributed by atoms with van der Waals surface area (Å²) in [5.41, 5.74) is 1.48. The van der Waals surface area contributed by atoms with Crippen LogP contribution >= 0.6 is 0 Å². The van der Waals surface area contributed by atoms with E-state index >= 15 is 0 Å². The number of carboxylic acid groups (broad SMARTS) is 1. The minimum absolute atomic E-state index is 0.487. The Morgan fingerprint density at radius 2 is 2.23 bits per heavy atom. The minimum Gasteiger partial charge on any atom is -0.493 e.